The van der Waals surface area contributed by atoms with Crippen LogP contribution < -0.4 is 20.1 Å². The van der Waals surface area contributed by atoms with Gasteiger partial charge < -0.3 is 24.7 Å². The molecule has 0 fully saturated rings. The van der Waals surface area contributed by atoms with Crippen molar-refractivity contribution in [2.45, 2.75) is 26.8 Å². The van der Waals surface area contributed by atoms with Crippen LogP contribution >= 0.6 is 0 Å². The number of anilines is 3. The Labute approximate surface area is 145 Å². The van der Waals surface area contributed by atoms with Crippen LogP contribution in [0.4, 0.5) is 17.5 Å². The minimum absolute atomic E-state index is 0.250. The van der Waals surface area contributed by atoms with E-state index in [2.05, 4.69) is 39.4 Å². The maximum absolute atomic E-state index is 5.44. The van der Waals surface area contributed by atoms with E-state index in [4.69, 9.17) is 9.47 Å². The number of benzene rings is 1. The average Bonchev–Trinajstić information content (AvgIpc) is 3.21. The zero-order valence-corrected chi connectivity index (χ0v) is 14.4. The van der Waals surface area contributed by atoms with Crippen LogP contribution in [0.1, 0.15) is 26.8 Å². The summed E-state index contributed by atoms with van der Waals surface area (Å²) in [6.07, 6.45) is 1.80. The lowest BCUT2D eigenvalue weighted by atomic mass is 10.2. The van der Waals surface area contributed by atoms with Crippen molar-refractivity contribution in [2.24, 2.45) is 0 Å². The quantitative estimate of drug-likeness (QED) is 0.737. The minimum atomic E-state index is 0.250. The van der Waals surface area contributed by atoms with Gasteiger partial charge in [-0.2, -0.15) is 9.97 Å². The number of aromatic nitrogens is 4. The second kappa shape index (κ2) is 6.12. The number of rotatable bonds is 5. The smallest absolute Gasteiger partial charge is 0.231 e. The second-order valence-electron chi connectivity index (χ2n) is 6.04. The van der Waals surface area contributed by atoms with Crippen molar-refractivity contribution in [3.05, 3.63) is 24.5 Å². The molecule has 3 heterocycles. The van der Waals surface area contributed by atoms with E-state index in [1.54, 1.807) is 6.33 Å². The van der Waals surface area contributed by atoms with Gasteiger partial charge in [-0.25, -0.2) is 4.98 Å². The first-order valence-corrected chi connectivity index (χ1v) is 8.31. The molecule has 8 nitrogen and oxygen atoms in total. The van der Waals surface area contributed by atoms with E-state index < -0.39 is 0 Å². The topological polar surface area (TPSA) is 86.1 Å². The largest absolute Gasteiger partial charge is 0.454 e. The summed E-state index contributed by atoms with van der Waals surface area (Å²) in [6, 6.07) is 5.95. The predicted molar refractivity (Wildman–Crippen MR) is 95.7 cm³/mol. The minimum Gasteiger partial charge on any atom is -0.454 e. The summed E-state index contributed by atoms with van der Waals surface area (Å²) in [6.45, 7) is 7.20. The van der Waals surface area contributed by atoms with Crippen LogP contribution in [-0.2, 0) is 0 Å². The number of fused-ring (bicyclic) bond motifs is 2. The molecule has 1 aromatic carbocycles. The molecule has 0 saturated carbocycles. The molecule has 3 aromatic rings. The highest BCUT2D eigenvalue weighted by Gasteiger charge is 2.17. The van der Waals surface area contributed by atoms with Crippen molar-refractivity contribution in [2.75, 3.05) is 24.0 Å². The Hall–Kier alpha value is -3.03. The van der Waals surface area contributed by atoms with Crippen molar-refractivity contribution in [1.82, 2.24) is 19.5 Å². The SMILES string of the molecule is CCNc1nc(Nc2ccc3c(c2)OCO3)c2ncn(C(C)C)c2n1. The summed E-state index contributed by atoms with van der Waals surface area (Å²) in [5.41, 5.74) is 2.38. The Morgan fingerprint density at radius 2 is 2.04 bits per heavy atom. The lowest BCUT2D eigenvalue weighted by Crippen LogP contribution is -2.07. The van der Waals surface area contributed by atoms with Gasteiger partial charge in [-0.05, 0) is 32.9 Å². The average molecular weight is 340 g/mol. The Morgan fingerprint density at radius 3 is 2.84 bits per heavy atom. The molecule has 0 radical (unpaired) electrons. The van der Waals surface area contributed by atoms with Gasteiger partial charge in [0.2, 0.25) is 12.7 Å². The first-order valence-electron chi connectivity index (χ1n) is 8.31. The monoisotopic (exact) mass is 340 g/mol. The highest BCUT2D eigenvalue weighted by molar-refractivity contribution is 5.86. The number of imidazole rings is 1. The summed E-state index contributed by atoms with van der Waals surface area (Å²) >= 11 is 0. The van der Waals surface area contributed by atoms with Crippen molar-refractivity contribution >= 4 is 28.6 Å². The van der Waals surface area contributed by atoms with E-state index in [-0.39, 0.29) is 12.8 Å². The summed E-state index contributed by atoms with van der Waals surface area (Å²) in [5.74, 6) is 2.69. The zero-order chi connectivity index (χ0) is 17.4. The maximum Gasteiger partial charge on any atom is 0.231 e. The van der Waals surface area contributed by atoms with Crippen molar-refractivity contribution in [1.29, 1.82) is 0 Å². The lowest BCUT2D eigenvalue weighted by molar-refractivity contribution is 0.174. The van der Waals surface area contributed by atoms with Gasteiger partial charge in [0.05, 0.1) is 6.33 Å². The number of nitrogens with one attached hydrogen (secondary N) is 2. The van der Waals surface area contributed by atoms with Crippen LogP contribution in [0.3, 0.4) is 0 Å². The van der Waals surface area contributed by atoms with E-state index in [0.717, 1.165) is 34.9 Å². The van der Waals surface area contributed by atoms with Crippen LogP contribution in [0.25, 0.3) is 11.2 Å². The van der Waals surface area contributed by atoms with E-state index in [0.29, 0.717) is 11.8 Å². The number of ether oxygens (including phenoxy) is 2. The summed E-state index contributed by atoms with van der Waals surface area (Å²) in [5, 5.41) is 6.50. The molecular formula is C17H20N6O2. The predicted octanol–water partition coefficient (Wildman–Crippen LogP) is 3.31. The molecule has 2 aromatic heterocycles. The standard InChI is InChI=1S/C17H20N6O2/c1-4-18-17-21-15(14-16(22-17)23(8-19-14)10(2)3)20-11-5-6-12-13(7-11)25-9-24-12/h5-8,10H,4,9H2,1-3H3,(H2,18,20,21,22). The van der Waals surface area contributed by atoms with E-state index >= 15 is 0 Å². The summed E-state index contributed by atoms with van der Waals surface area (Å²) in [7, 11) is 0. The van der Waals surface area contributed by atoms with Crippen LogP contribution in [0.5, 0.6) is 11.5 Å². The fourth-order valence-corrected chi connectivity index (χ4v) is 2.73. The van der Waals surface area contributed by atoms with Crippen LogP contribution in [0.2, 0.25) is 0 Å². The van der Waals surface area contributed by atoms with Crippen LogP contribution in [0.15, 0.2) is 24.5 Å². The Bertz CT molecular complexity index is 921. The molecule has 0 aliphatic carbocycles. The molecule has 0 saturated heterocycles. The highest BCUT2D eigenvalue weighted by atomic mass is 16.7. The lowest BCUT2D eigenvalue weighted by Gasteiger charge is -2.11. The molecule has 1 aliphatic rings. The van der Waals surface area contributed by atoms with Gasteiger partial charge in [-0.15, -0.1) is 0 Å². The molecule has 0 spiro atoms. The van der Waals surface area contributed by atoms with Crippen LogP contribution in [0, 0.1) is 0 Å². The fourth-order valence-electron chi connectivity index (χ4n) is 2.73. The molecule has 1 aliphatic heterocycles. The third-order valence-corrected chi connectivity index (χ3v) is 3.95. The van der Waals surface area contributed by atoms with Gasteiger partial charge in [0.25, 0.3) is 0 Å². The summed E-state index contributed by atoms with van der Waals surface area (Å²) in [4.78, 5) is 13.7. The normalized spacial score (nSPS) is 12.8. The third kappa shape index (κ3) is 2.79. The van der Waals surface area contributed by atoms with Gasteiger partial charge >= 0.3 is 0 Å². The molecule has 0 atom stereocenters. The summed E-state index contributed by atoms with van der Waals surface area (Å²) < 4.78 is 12.8. The zero-order valence-electron chi connectivity index (χ0n) is 14.4. The highest BCUT2D eigenvalue weighted by Crippen LogP contribution is 2.35. The molecule has 0 amide bonds. The first-order chi connectivity index (χ1) is 12.2. The molecule has 25 heavy (non-hydrogen) atoms. The van der Waals surface area contributed by atoms with Crippen LogP contribution in [-0.4, -0.2) is 32.9 Å². The number of nitrogens with zero attached hydrogens (tertiary/aromatic N) is 4. The first kappa shape index (κ1) is 15.5. The van der Waals surface area contributed by atoms with Gasteiger partial charge in [-0.1, -0.05) is 0 Å². The molecule has 0 bridgehead atoms. The van der Waals surface area contributed by atoms with Gasteiger partial charge in [0.15, 0.2) is 28.5 Å². The fraction of sp³-hybridized carbons (Fsp3) is 0.353. The maximum atomic E-state index is 5.44. The van der Waals surface area contributed by atoms with E-state index in [1.165, 1.54) is 0 Å². The molecule has 4 rings (SSSR count). The molecule has 2 N–H and O–H groups in total. The molecule has 0 unspecified atom stereocenters. The van der Waals surface area contributed by atoms with E-state index in [1.807, 2.05) is 29.7 Å². The molecule has 130 valence electrons. The van der Waals surface area contributed by atoms with Gasteiger partial charge in [0, 0.05) is 24.3 Å². The third-order valence-electron chi connectivity index (χ3n) is 3.95. The van der Waals surface area contributed by atoms with Gasteiger partial charge in [-0.3, -0.25) is 0 Å². The van der Waals surface area contributed by atoms with Gasteiger partial charge in [0.1, 0.15) is 0 Å². The van der Waals surface area contributed by atoms with Crippen molar-refractivity contribution in [3.63, 3.8) is 0 Å². The van der Waals surface area contributed by atoms with E-state index in [9.17, 15) is 0 Å². The molecule has 8 heteroatoms. The number of hydrogen-bond donors (Lipinski definition) is 2. The number of hydrogen-bond acceptors (Lipinski definition) is 7. The Morgan fingerprint density at radius 1 is 1.20 bits per heavy atom. The second-order valence-corrected chi connectivity index (χ2v) is 6.04. The van der Waals surface area contributed by atoms with Crippen molar-refractivity contribution in [3.8, 4) is 11.5 Å². The Kier molecular flexibility index (Phi) is 3.79. The molecular weight excluding hydrogens is 320 g/mol. The Balaban J connectivity index is 1.77. The van der Waals surface area contributed by atoms with Crippen molar-refractivity contribution < 1.29 is 9.47 Å².